The third-order valence-corrected chi connectivity index (χ3v) is 9.56. The minimum absolute atomic E-state index is 0. The van der Waals surface area contributed by atoms with E-state index in [4.69, 9.17) is 11.6 Å². The van der Waals surface area contributed by atoms with E-state index in [9.17, 15) is 13.2 Å². The Morgan fingerprint density at radius 2 is 1.84 bits per heavy atom. The Morgan fingerprint density at radius 3 is 2.51 bits per heavy atom. The number of rotatable bonds is 6. The van der Waals surface area contributed by atoms with Crippen LogP contribution in [0.3, 0.4) is 0 Å². The number of hydrogen-bond acceptors (Lipinski definition) is 7. The monoisotopic (exact) mass is 563 g/mol. The number of carbonyl (C=O) groups excluding carboxylic acids is 1. The molecule has 0 spiro atoms. The molecule has 8 nitrogen and oxygen atoms in total. The summed E-state index contributed by atoms with van der Waals surface area (Å²) in [6.45, 7) is 7.28. The number of benzene rings is 2. The Morgan fingerprint density at radius 1 is 1.11 bits per heavy atom. The van der Waals surface area contributed by atoms with Crippen molar-refractivity contribution in [1.29, 1.82) is 0 Å². The highest BCUT2D eigenvalue weighted by atomic mass is 35.5. The Hall–Kier alpha value is -2.82. The number of halogens is 1. The molecule has 0 saturated carbocycles. The molecule has 2 aliphatic rings. The molecule has 0 aliphatic carbocycles. The molecule has 2 aromatic carbocycles. The van der Waals surface area contributed by atoms with E-state index < -0.39 is 10.0 Å². The van der Waals surface area contributed by atoms with Gasteiger partial charge in [-0.15, -0.1) is 11.3 Å². The Kier molecular flexibility index (Phi) is 7.33. The van der Waals surface area contributed by atoms with Crippen molar-refractivity contribution < 1.29 is 16.1 Å². The minimum Gasteiger partial charge on any atom is -0.368 e. The lowest BCUT2D eigenvalue weighted by atomic mass is 10.00. The molecule has 0 unspecified atom stereocenters. The van der Waals surface area contributed by atoms with Crippen LogP contribution in [-0.4, -0.2) is 63.0 Å². The first-order valence-corrected chi connectivity index (χ1v) is 15.1. The predicted octanol–water partition coefficient (Wildman–Crippen LogP) is 4.89. The molecular formula is C26H34ClN5O3S2. The summed E-state index contributed by atoms with van der Waals surface area (Å²) in [4.78, 5) is 24.1. The van der Waals surface area contributed by atoms with Gasteiger partial charge in [-0.1, -0.05) is 11.6 Å². The van der Waals surface area contributed by atoms with Gasteiger partial charge in [0.2, 0.25) is 5.91 Å². The zero-order valence-electron chi connectivity index (χ0n) is 20.9. The van der Waals surface area contributed by atoms with Crippen LogP contribution in [0.1, 0.15) is 27.5 Å². The van der Waals surface area contributed by atoms with Gasteiger partial charge in [0, 0.05) is 57.4 Å². The molecule has 1 atom stereocenters. The summed E-state index contributed by atoms with van der Waals surface area (Å²) < 4.78 is 27.9. The Balaban J connectivity index is 0.00000210. The van der Waals surface area contributed by atoms with E-state index in [1.54, 1.807) is 17.5 Å². The summed E-state index contributed by atoms with van der Waals surface area (Å²) in [5, 5.41) is 2.88. The molecule has 11 heteroatoms. The van der Waals surface area contributed by atoms with Crippen LogP contribution in [0.4, 0.5) is 16.5 Å². The zero-order chi connectivity index (χ0) is 26.2. The van der Waals surface area contributed by atoms with Crippen LogP contribution in [0, 0.1) is 6.92 Å². The Bertz CT molecular complexity index is 1400. The first-order valence-electron chi connectivity index (χ1n) is 12.3. The van der Waals surface area contributed by atoms with Crippen molar-refractivity contribution in [3.05, 3.63) is 64.1 Å². The lowest BCUT2D eigenvalue weighted by molar-refractivity contribution is -0.132. The van der Waals surface area contributed by atoms with Crippen LogP contribution in [0.15, 0.2) is 52.7 Å². The second-order valence-electron chi connectivity index (χ2n) is 9.45. The summed E-state index contributed by atoms with van der Waals surface area (Å²) >= 11 is 7.44. The maximum absolute atomic E-state index is 13.4. The number of nitrogens with one attached hydrogen (secondary N) is 1. The van der Waals surface area contributed by atoms with Crippen LogP contribution in [0.2, 0.25) is 5.02 Å². The standard InChI is InChI=1S/C26H30ClN5O3S2.2H2/c1-18-17-36-26(28-18)29-37(34,35)23-8-6-22(7-9-23)30-12-14-31(15-13-30)25(33)19(2)32-11-3-4-20-16-21(27)5-10-24(20)32;;/h5-10,16-17,19H,3-4,11-15H2,1-2H3,(H,28,29);2*1H/t19-;;/m1../s1. The SMILES string of the molecule is Cc1csc(NS(=O)(=O)c2ccc(N3CCN(C(=O)[C@@H](C)N4CCCc5cc(Cl)ccc54)CC3)cc2)n1.[HH].[HH]. The van der Waals surface area contributed by atoms with Gasteiger partial charge >= 0.3 is 0 Å². The van der Waals surface area contributed by atoms with E-state index in [0.29, 0.717) is 31.3 Å². The topological polar surface area (TPSA) is 85.8 Å². The number of fused-ring (bicyclic) bond motifs is 1. The van der Waals surface area contributed by atoms with Gasteiger partial charge < -0.3 is 14.7 Å². The maximum Gasteiger partial charge on any atom is 0.263 e. The molecule has 1 amide bonds. The summed E-state index contributed by atoms with van der Waals surface area (Å²) in [5.74, 6) is 0.132. The average Bonchev–Trinajstić information content (AvgIpc) is 3.31. The first-order chi connectivity index (χ1) is 17.7. The number of nitrogens with zero attached hydrogens (tertiary/aromatic N) is 4. The van der Waals surface area contributed by atoms with Gasteiger partial charge in [-0.25, -0.2) is 13.4 Å². The number of aromatic nitrogens is 1. The molecule has 0 radical (unpaired) electrons. The molecule has 1 fully saturated rings. The third kappa shape index (κ3) is 5.56. The summed E-state index contributed by atoms with van der Waals surface area (Å²) in [6.07, 6.45) is 1.98. The van der Waals surface area contributed by atoms with E-state index in [2.05, 4.69) is 19.5 Å². The lowest BCUT2D eigenvalue weighted by Gasteiger charge is -2.41. The number of aryl methyl sites for hydroxylation is 2. The lowest BCUT2D eigenvalue weighted by Crippen LogP contribution is -2.55. The number of sulfonamides is 1. The van der Waals surface area contributed by atoms with Crippen molar-refractivity contribution in [3.63, 3.8) is 0 Å². The molecule has 1 aromatic heterocycles. The number of thiazole rings is 1. The molecule has 3 aromatic rings. The fourth-order valence-electron chi connectivity index (χ4n) is 4.99. The third-order valence-electron chi connectivity index (χ3n) is 6.97. The van der Waals surface area contributed by atoms with Crippen LogP contribution in [0.25, 0.3) is 0 Å². The van der Waals surface area contributed by atoms with E-state index in [1.165, 1.54) is 16.9 Å². The van der Waals surface area contributed by atoms with E-state index >= 15 is 0 Å². The Labute approximate surface area is 229 Å². The van der Waals surface area contributed by atoms with Gasteiger partial charge in [0.05, 0.1) is 10.6 Å². The molecular weight excluding hydrogens is 530 g/mol. The van der Waals surface area contributed by atoms with Crippen LogP contribution in [0.5, 0.6) is 0 Å². The first kappa shape index (κ1) is 25.8. The van der Waals surface area contributed by atoms with Gasteiger partial charge in [0.15, 0.2) is 5.13 Å². The summed E-state index contributed by atoms with van der Waals surface area (Å²) in [7, 11) is -3.70. The number of anilines is 3. The second kappa shape index (κ2) is 10.5. The average molecular weight is 564 g/mol. The molecule has 3 heterocycles. The molecule has 1 N–H and O–H groups in total. The highest BCUT2D eigenvalue weighted by Crippen LogP contribution is 2.31. The molecule has 37 heavy (non-hydrogen) atoms. The van der Waals surface area contributed by atoms with E-state index in [-0.39, 0.29) is 19.7 Å². The van der Waals surface area contributed by atoms with Gasteiger partial charge in [-0.05, 0) is 74.7 Å². The number of amides is 1. The molecule has 200 valence electrons. The second-order valence-corrected chi connectivity index (χ2v) is 12.4. The summed E-state index contributed by atoms with van der Waals surface area (Å²) in [6, 6.07) is 12.5. The van der Waals surface area contributed by atoms with Gasteiger partial charge in [-0.2, -0.15) is 0 Å². The van der Waals surface area contributed by atoms with Crippen molar-refractivity contribution in [2.24, 2.45) is 0 Å². The van der Waals surface area contributed by atoms with E-state index in [0.717, 1.165) is 41.5 Å². The number of carbonyl (C=O) groups is 1. The number of hydrogen-bond donors (Lipinski definition) is 1. The van der Waals surface area contributed by atoms with Gasteiger partial charge in [0.25, 0.3) is 10.0 Å². The van der Waals surface area contributed by atoms with Crippen molar-refractivity contribution >= 4 is 55.4 Å². The zero-order valence-corrected chi connectivity index (χ0v) is 23.2. The fraction of sp³-hybridized carbons (Fsp3) is 0.385. The van der Waals surface area contributed by atoms with Crippen molar-refractivity contribution in [2.45, 2.75) is 37.6 Å². The van der Waals surface area contributed by atoms with Crippen LogP contribution < -0.4 is 14.5 Å². The molecule has 5 rings (SSSR count). The van der Waals surface area contributed by atoms with Crippen molar-refractivity contribution in [3.8, 4) is 0 Å². The maximum atomic E-state index is 13.4. The highest BCUT2D eigenvalue weighted by molar-refractivity contribution is 7.93. The largest absolute Gasteiger partial charge is 0.368 e. The minimum atomic E-state index is -3.70. The predicted molar refractivity (Wildman–Crippen MR) is 154 cm³/mol. The van der Waals surface area contributed by atoms with Gasteiger partial charge in [-0.3, -0.25) is 9.52 Å². The quantitative estimate of drug-likeness (QED) is 0.460. The van der Waals surface area contributed by atoms with Crippen molar-refractivity contribution in [1.82, 2.24) is 9.88 Å². The normalized spacial score (nSPS) is 16.9. The van der Waals surface area contributed by atoms with Crippen LogP contribution in [-0.2, 0) is 21.2 Å². The van der Waals surface area contributed by atoms with Crippen molar-refractivity contribution in [2.75, 3.05) is 47.2 Å². The fourth-order valence-corrected chi connectivity index (χ4v) is 7.13. The highest BCUT2D eigenvalue weighted by Gasteiger charge is 2.31. The van der Waals surface area contributed by atoms with Crippen LogP contribution >= 0.6 is 22.9 Å². The molecule has 0 bridgehead atoms. The molecule has 1 saturated heterocycles. The number of piperazine rings is 1. The van der Waals surface area contributed by atoms with Gasteiger partial charge in [0.1, 0.15) is 6.04 Å². The molecule has 2 aliphatic heterocycles. The summed E-state index contributed by atoms with van der Waals surface area (Å²) in [5.41, 5.74) is 4.01. The smallest absolute Gasteiger partial charge is 0.263 e. The van der Waals surface area contributed by atoms with E-state index in [1.807, 2.05) is 49.1 Å².